The number of carbonyl (C=O) groups excluding carboxylic acids is 1. The molecule has 0 spiro atoms. The lowest BCUT2D eigenvalue weighted by Gasteiger charge is -2.22. The van der Waals surface area contributed by atoms with Gasteiger partial charge in [-0.05, 0) is 43.2 Å². The van der Waals surface area contributed by atoms with Crippen LogP contribution in [-0.2, 0) is 11.8 Å². The second-order valence-corrected chi connectivity index (χ2v) is 11.0. The number of nitrogens with two attached hydrogens (primary N) is 2. The molecule has 1 aliphatic rings. The van der Waals surface area contributed by atoms with E-state index in [1.165, 1.54) is 30.0 Å². The van der Waals surface area contributed by atoms with Crippen LogP contribution in [0, 0.1) is 0 Å². The molecule has 0 radical (unpaired) electrons. The summed E-state index contributed by atoms with van der Waals surface area (Å²) in [4.78, 5) is 35.4. The maximum absolute atomic E-state index is 13.6. The van der Waals surface area contributed by atoms with Gasteiger partial charge in [-0.3, -0.25) is 28.8 Å². The van der Waals surface area contributed by atoms with E-state index in [-0.39, 0.29) is 16.6 Å². The summed E-state index contributed by atoms with van der Waals surface area (Å²) in [5.41, 5.74) is 9.61. The first-order valence-corrected chi connectivity index (χ1v) is 14.7. The zero-order valence-corrected chi connectivity index (χ0v) is 25.8. The fourth-order valence-electron chi connectivity index (χ4n) is 4.85. The molecule has 1 amide bonds. The monoisotopic (exact) mass is 623 g/mol. The number of pyridine rings is 1. The second kappa shape index (κ2) is 14.3. The highest BCUT2D eigenvalue weighted by Gasteiger charge is 2.22. The lowest BCUT2D eigenvalue weighted by Crippen LogP contribution is -2.27. The number of hydrazine groups is 1. The van der Waals surface area contributed by atoms with Crippen molar-refractivity contribution in [1.29, 1.82) is 0 Å². The Hall–Kier alpha value is -4.19. The van der Waals surface area contributed by atoms with Crippen LogP contribution in [-0.4, -0.2) is 30.2 Å². The smallest absolute Gasteiger partial charge is 0.254 e. The number of halogens is 2. The van der Waals surface area contributed by atoms with Crippen LogP contribution in [0.3, 0.4) is 0 Å². The molecule has 2 bridgehead atoms. The predicted octanol–water partition coefficient (Wildman–Crippen LogP) is 5.55. The normalized spacial score (nSPS) is 15.3. The van der Waals surface area contributed by atoms with Crippen molar-refractivity contribution >= 4 is 40.5 Å². The van der Waals surface area contributed by atoms with Crippen molar-refractivity contribution < 1.29 is 4.79 Å². The summed E-state index contributed by atoms with van der Waals surface area (Å²) in [5, 5.41) is 8.96. The number of carbonyl (C=O) groups is 1. The molecule has 1 aliphatic heterocycles. The molecule has 1 atom stereocenters. The Morgan fingerprint density at radius 3 is 2.65 bits per heavy atom. The van der Waals surface area contributed by atoms with Crippen molar-refractivity contribution in [2.75, 3.05) is 10.3 Å². The minimum absolute atomic E-state index is 0.0141. The van der Waals surface area contributed by atoms with Crippen molar-refractivity contribution in [3.63, 3.8) is 0 Å². The Balaban J connectivity index is 0.00000135. The lowest BCUT2D eigenvalue weighted by atomic mass is 10.0. The Kier molecular flexibility index (Phi) is 10.6. The summed E-state index contributed by atoms with van der Waals surface area (Å²) in [6, 6.07) is 9.82. The summed E-state index contributed by atoms with van der Waals surface area (Å²) in [6.45, 7) is 4.25. The van der Waals surface area contributed by atoms with Gasteiger partial charge < -0.3 is 11.1 Å². The third kappa shape index (κ3) is 7.61. The molecule has 1 aromatic carbocycles. The van der Waals surface area contributed by atoms with Crippen molar-refractivity contribution in [2.24, 2.45) is 18.6 Å². The van der Waals surface area contributed by atoms with E-state index < -0.39 is 6.04 Å². The van der Waals surface area contributed by atoms with Crippen molar-refractivity contribution in [1.82, 2.24) is 24.3 Å². The van der Waals surface area contributed by atoms with E-state index in [0.717, 1.165) is 11.3 Å². The number of benzene rings is 1. The first-order valence-electron chi connectivity index (χ1n) is 14.0. The van der Waals surface area contributed by atoms with Crippen LogP contribution in [0.1, 0.15) is 57.7 Å². The van der Waals surface area contributed by atoms with Gasteiger partial charge in [0.25, 0.3) is 5.56 Å². The summed E-state index contributed by atoms with van der Waals surface area (Å²) >= 11 is 12.1. The number of hydrogen-bond acceptors (Lipinski definition) is 8. The molecule has 5 rings (SSSR count). The quantitative estimate of drug-likeness (QED) is 0.152. The van der Waals surface area contributed by atoms with Crippen LogP contribution in [0.2, 0.25) is 5.02 Å². The maximum Gasteiger partial charge on any atom is 0.254 e. The van der Waals surface area contributed by atoms with Gasteiger partial charge in [-0.2, -0.15) is 5.10 Å². The summed E-state index contributed by atoms with van der Waals surface area (Å²) in [5.74, 6) is 6.05. The van der Waals surface area contributed by atoms with Crippen LogP contribution in [0.5, 0.6) is 0 Å². The number of anilines is 2. The molecule has 0 saturated carbocycles. The van der Waals surface area contributed by atoms with Crippen LogP contribution in [0.4, 0.5) is 11.4 Å². The highest BCUT2D eigenvalue weighted by molar-refractivity contribution is 6.31. The van der Waals surface area contributed by atoms with Gasteiger partial charge in [-0.25, -0.2) is 10.8 Å². The van der Waals surface area contributed by atoms with E-state index in [2.05, 4.69) is 34.2 Å². The van der Waals surface area contributed by atoms with Crippen molar-refractivity contribution in [2.45, 2.75) is 52.0 Å². The third-order valence-corrected chi connectivity index (χ3v) is 7.02. The zero-order valence-electron chi connectivity index (χ0n) is 24.3. The van der Waals surface area contributed by atoms with Gasteiger partial charge in [0.2, 0.25) is 5.91 Å². The van der Waals surface area contributed by atoms with Crippen LogP contribution < -0.4 is 27.5 Å². The molecule has 11 nitrogen and oxygen atoms in total. The van der Waals surface area contributed by atoms with Gasteiger partial charge in [0.05, 0.1) is 53.2 Å². The summed E-state index contributed by atoms with van der Waals surface area (Å²) in [7, 11) is 1.81. The average molecular weight is 625 g/mol. The van der Waals surface area contributed by atoms with E-state index in [9.17, 15) is 9.59 Å². The molecule has 4 aromatic rings. The molecular formula is C30H35Cl2N9O2. The maximum atomic E-state index is 13.6. The molecule has 3 aromatic heterocycles. The Bertz CT molecular complexity index is 1680. The third-order valence-electron chi connectivity index (χ3n) is 6.69. The van der Waals surface area contributed by atoms with Gasteiger partial charge in [0.1, 0.15) is 5.16 Å². The SMILES string of the molecule is CCC.Cn1ncc2c1-c1ccnc(c1)C(n1cnc(-c3cc(Cl)ccc3N(N)/C=C(\N)Cl)cc1=O)CCCCC(=O)N2. The van der Waals surface area contributed by atoms with Gasteiger partial charge in [-0.15, -0.1) is 0 Å². The molecule has 1 unspecified atom stereocenters. The molecule has 0 fully saturated rings. The zero-order chi connectivity index (χ0) is 31.1. The Morgan fingerprint density at radius 1 is 1.16 bits per heavy atom. The van der Waals surface area contributed by atoms with Crippen molar-refractivity contribution in [3.05, 3.63) is 87.5 Å². The highest BCUT2D eigenvalue weighted by atomic mass is 35.5. The number of amides is 1. The molecule has 226 valence electrons. The molecule has 4 heterocycles. The van der Waals surface area contributed by atoms with Crippen LogP contribution in [0.15, 0.2) is 71.3 Å². The number of aromatic nitrogens is 5. The van der Waals surface area contributed by atoms with Crippen LogP contribution >= 0.6 is 23.2 Å². The number of nitrogens with one attached hydrogen (secondary N) is 1. The average Bonchev–Trinajstić information content (AvgIpc) is 3.32. The number of fused-ring (bicyclic) bond motifs is 4. The van der Waals surface area contributed by atoms with Gasteiger partial charge in [-0.1, -0.05) is 49.9 Å². The first kappa shape index (κ1) is 31.7. The van der Waals surface area contributed by atoms with Crippen molar-refractivity contribution in [3.8, 4) is 22.5 Å². The topological polar surface area (TPSA) is 150 Å². The Labute approximate surface area is 260 Å². The molecule has 0 aliphatic carbocycles. The minimum Gasteiger partial charge on any atom is -0.388 e. The number of aryl methyl sites for hydroxylation is 1. The van der Waals surface area contributed by atoms with E-state index in [1.54, 1.807) is 39.8 Å². The molecule has 43 heavy (non-hydrogen) atoms. The van der Waals surface area contributed by atoms with E-state index in [4.69, 9.17) is 34.8 Å². The Morgan fingerprint density at radius 2 is 1.93 bits per heavy atom. The molecular weight excluding hydrogens is 589 g/mol. The minimum atomic E-state index is -0.406. The van der Waals surface area contributed by atoms with Crippen LogP contribution in [0.25, 0.3) is 22.5 Å². The fraction of sp³-hybridized carbons (Fsp3) is 0.300. The molecule has 13 heteroatoms. The second-order valence-electron chi connectivity index (χ2n) is 10.1. The first-order chi connectivity index (χ1) is 20.6. The van der Waals surface area contributed by atoms with Gasteiger partial charge in [0.15, 0.2) is 0 Å². The van der Waals surface area contributed by atoms with Gasteiger partial charge in [0, 0.05) is 41.9 Å². The highest BCUT2D eigenvalue weighted by Crippen LogP contribution is 2.33. The summed E-state index contributed by atoms with van der Waals surface area (Å²) < 4.78 is 3.26. The number of hydrogen-bond donors (Lipinski definition) is 3. The molecule has 5 N–H and O–H groups in total. The number of rotatable bonds is 4. The largest absolute Gasteiger partial charge is 0.388 e. The standard InChI is InChI=1S/C27H27Cl2N9O2.C3H8/c1-36-27-16-8-9-32-20(10-16)23(4-2-3-5-25(39)35-21(27)13-34-36)37-15-33-19(12-26(37)40)18-11-17(28)6-7-22(18)38(31)14-24(29)30;1-3-2/h6-15,23H,2-5,30-31H2,1H3,(H,35,39);3H2,1-2H3/b24-14-;. The summed E-state index contributed by atoms with van der Waals surface area (Å²) in [6.07, 6.45) is 9.70. The number of nitrogens with zero attached hydrogens (tertiary/aromatic N) is 6. The lowest BCUT2D eigenvalue weighted by molar-refractivity contribution is -0.116. The predicted molar refractivity (Wildman–Crippen MR) is 171 cm³/mol. The molecule has 0 saturated heterocycles. The van der Waals surface area contributed by atoms with E-state index >= 15 is 0 Å². The van der Waals surface area contributed by atoms with E-state index in [1.807, 2.05) is 19.2 Å². The fourth-order valence-corrected chi connectivity index (χ4v) is 5.12. The van der Waals surface area contributed by atoms with E-state index in [0.29, 0.717) is 59.0 Å². The van der Waals surface area contributed by atoms with Gasteiger partial charge >= 0.3 is 0 Å².